The minimum Gasteiger partial charge on any atom is -0.354 e. The lowest BCUT2D eigenvalue weighted by molar-refractivity contribution is -0.121. The van der Waals surface area contributed by atoms with E-state index in [9.17, 15) is 14.4 Å². The van der Waals surface area contributed by atoms with Crippen LogP contribution >= 0.6 is 0 Å². The smallest absolute Gasteiger partial charge is 0.261 e. The van der Waals surface area contributed by atoms with Crippen molar-refractivity contribution < 1.29 is 14.4 Å². The lowest BCUT2D eigenvalue weighted by Crippen LogP contribution is -2.34. The molecule has 1 N–H and O–H groups in total. The summed E-state index contributed by atoms with van der Waals surface area (Å²) in [6.45, 7) is 2.25. The molecule has 0 spiro atoms. The number of benzene rings is 2. The van der Waals surface area contributed by atoms with Crippen LogP contribution in [0.25, 0.3) is 0 Å². The van der Waals surface area contributed by atoms with Crippen molar-refractivity contribution in [3.05, 3.63) is 71.3 Å². The van der Waals surface area contributed by atoms with Gasteiger partial charge in [-0.15, -0.1) is 0 Å². The number of fused-ring (bicyclic) bond motifs is 1. The Morgan fingerprint density at radius 3 is 2.19 bits per heavy atom. The molecule has 1 heterocycles. The minimum atomic E-state index is -0.271. The summed E-state index contributed by atoms with van der Waals surface area (Å²) in [5.41, 5.74) is 2.15. The first kappa shape index (κ1) is 18.8. The van der Waals surface area contributed by atoms with Crippen molar-refractivity contribution in [1.82, 2.24) is 10.2 Å². The minimum absolute atomic E-state index is 0.0489. The van der Waals surface area contributed by atoms with E-state index in [-0.39, 0.29) is 30.3 Å². The molecule has 2 aromatic rings. The van der Waals surface area contributed by atoms with E-state index in [1.54, 1.807) is 24.3 Å². The molecule has 1 aliphatic heterocycles. The predicted molar refractivity (Wildman–Crippen MR) is 103 cm³/mol. The molecular weight excluding hydrogens is 340 g/mol. The molecule has 1 atom stereocenters. The van der Waals surface area contributed by atoms with Gasteiger partial charge in [-0.05, 0) is 43.9 Å². The van der Waals surface area contributed by atoms with Gasteiger partial charge in [0.1, 0.15) is 0 Å². The molecule has 0 saturated heterocycles. The molecule has 2 aromatic carbocycles. The molecule has 140 valence electrons. The highest BCUT2D eigenvalue weighted by molar-refractivity contribution is 6.21. The van der Waals surface area contributed by atoms with Gasteiger partial charge in [0.2, 0.25) is 5.91 Å². The van der Waals surface area contributed by atoms with Crippen molar-refractivity contribution in [1.29, 1.82) is 0 Å². The van der Waals surface area contributed by atoms with Crippen LogP contribution in [0.5, 0.6) is 0 Å². The Morgan fingerprint density at radius 1 is 0.963 bits per heavy atom. The lowest BCUT2D eigenvalue weighted by Gasteiger charge is -2.16. The quantitative estimate of drug-likeness (QED) is 0.732. The van der Waals surface area contributed by atoms with Gasteiger partial charge in [-0.3, -0.25) is 19.3 Å². The first-order valence-corrected chi connectivity index (χ1v) is 9.35. The van der Waals surface area contributed by atoms with Gasteiger partial charge in [-0.25, -0.2) is 0 Å². The summed E-state index contributed by atoms with van der Waals surface area (Å²) in [5.74, 6) is -0.591. The summed E-state index contributed by atoms with van der Waals surface area (Å²) >= 11 is 0. The molecule has 0 aromatic heterocycles. The van der Waals surface area contributed by atoms with Gasteiger partial charge in [0, 0.05) is 19.0 Å². The number of hydrogen-bond acceptors (Lipinski definition) is 3. The summed E-state index contributed by atoms with van der Waals surface area (Å²) in [6.07, 6.45) is 2.54. The molecule has 0 bridgehead atoms. The second kappa shape index (κ2) is 8.62. The molecule has 0 saturated carbocycles. The largest absolute Gasteiger partial charge is 0.354 e. The van der Waals surface area contributed by atoms with Crippen molar-refractivity contribution in [3.63, 3.8) is 0 Å². The fourth-order valence-electron chi connectivity index (χ4n) is 3.29. The van der Waals surface area contributed by atoms with Crippen molar-refractivity contribution in [2.24, 2.45) is 0 Å². The van der Waals surface area contributed by atoms with Crippen LogP contribution in [0, 0.1) is 0 Å². The van der Waals surface area contributed by atoms with Crippen LogP contribution in [-0.4, -0.2) is 35.2 Å². The predicted octanol–water partition coefficient (Wildman–Crippen LogP) is 3.20. The Hall–Kier alpha value is -2.95. The second-order valence-electron chi connectivity index (χ2n) is 6.90. The first-order chi connectivity index (χ1) is 13.1. The molecule has 0 aliphatic carbocycles. The van der Waals surface area contributed by atoms with E-state index in [0.717, 1.165) is 12.8 Å². The van der Waals surface area contributed by atoms with Crippen molar-refractivity contribution in [2.75, 3.05) is 6.54 Å². The highest BCUT2D eigenvalue weighted by Gasteiger charge is 2.34. The van der Waals surface area contributed by atoms with Gasteiger partial charge in [0.25, 0.3) is 11.8 Å². The Labute approximate surface area is 159 Å². The molecular formula is C22H24N2O3. The molecule has 3 amide bonds. The standard InChI is InChI=1S/C22H24N2O3/c1-16(13-14-17-8-3-2-4-9-17)23-20(25)12-7-15-24-21(26)18-10-5-6-11-19(18)22(24)27/h2-6,8-11,16H,7,12-15H2,1H3,(H,23,25)/t16-/m0/s1. The van der Waals surface area contributed by atoms with Crippen LogP contribution in [0.1, 0.15) is 52.5 Å². The molecule has 5 nitrogen and oxygen atoms in total. The van der Waals surface area contributed by atoms with Gasteiger partial charge in [-0.1, -0.05) is 42.5 Å². The molecule has 0 radical (unpaired) electrons. The number of carbonyl (C=O) groups is 3. The summed E-state index contributed by atoms with van der Waals surface area (Å²) in [7, 11) is 0. The van der Waals surface area contributed by atoms with Gasteiger partial charge in [0.15, 0.2) is 0 Å². The molecule has 5 heteroatoms. The monoisotopic (exact) mass is 364 g/mol. The zero-order valence-corrected chi connectivity index (χ0v) is 15.5. The number of nitrogens with zero attached hydrogens (tertiary/aromatic N) is 1. The van der Waals surface area contributed by atoms with Gasteiger partial charge in [0.05, 0.1) is 11.1 Å². The number of imide groups is 1. The molecule has 3 rings (SSSR count). The van der Waals surface area contributed by atoms with E-state index < -0.39 is 0 Å². The van der Waals surface area contributed by atoms with Crippen LogP contribution < -0.4 is 5.32 Å². The van der Waals surface area contributed by atoms with E-state index in [2.05, 4.69) is 17.4 Å². The maximum absolute atomic E-state index is 12.3. The lowest BCUT2D eigenvalue weighted by atomic mass is 10.1. The first-order valence-electron chi connectivity index (χ1n) is 9.35. The third-order valence-electron chi connectivity index (χ3n) is 4.78. The van der Waals surface area contributed by atoms with Crippen molar-refractivity contribution in [3.8, 4) is 0 Å². The Bertz CT molecular complexity index is 797. The zero-order valence-electron chi connectivity index (χ0n) is 15.5. The second-order valence-corrected chi connectivity index (χ2v) is 6.90. The number of nitrogens with one attached hydrogen (secondary N) is 1. The highest BCUT2D eigenvalue weighted by atomic mass is 16.2. The molecule has 27 heavy (non-hydrogen) atoms. The Morgan fingerprint density at radius 2 is 1.56 bits per heavy atom. The topological polar surface area (TPSA) is 66.5 Å². The molecule has 0 unspecified atom stereocenters. The highest BCUT2D eigenvalue weighted by Crippen LogP contribution is 2.22. The number of aryl methyl sites for hydroxylation is 1. The van der Waals surface area contributed by atoms with Crippen LogP contribution in [-0.2, 0) is 11.2 Å². The van der Waals surface area contributed by atoms with Crippen LogP contribution in [0.4, 0.5) is 0 Å². The number of carbonyl (C=O) groups excluding carboxylic acids is 3. The number of hydrogen-bond donors (Lipinski definition) is 1. The van der Waals surface area contributed by atoms with Crippen LogP contribution in [0.15, 0.2) is 54.6 Å². The SMILES string of the molecule is C[C@@H](CCc1ccccc1)NC(=O)CCCN1C(=O)c2ccccc2C1=O. The van der Waals surface area contributed by atoms with E-state index in [4.69, 9.17) is 0 Å². The summed E-state index contributed by atoms with van der Waals surface area (Å²) in [5, 5.41) is 2.99. The Kier molecular flexibility index (Phi) is 6.01. The van der Waals surface area contributed by atoms with Crippen molar-refractivity contribution >= 4 is 17.7 Å². The van der Waals surface area contributed by atoms with E-state index in [1.165, 1.54) is 10.5 Å². The third-order valence-corrected chi connectivity index (χ3v) is 4.78. The van der Waals surface area contributed by atoms with Crippen LogP contribution in [0.2, 0.25) is 0 Å². The van der Waals surface area contributed by atoms with Gasteiger partial charge in [-0.2, -0.15) is 0 Å². The Balaban J connectivity index is 1.40. The summed E-state index contributed by atoms with van der Waals surface area (Å²) in [6, 6.07) is 17.1. The molecule has 1 aliphatic rings. The maximum Gasteiger partial charge on any atom is 0.261 e. The van der Waals surface area contributed by atoms with Gasteiger partial charge >= 0.3 is 0 Å². The van der Waals surface area contributed by atoms with E-state index in [1.807, 2.05) is 25.1 Å². The maximum atomic E-state index is 12.3. The van der Waals surface area contributed by atoms with E-state index in [0.29, 0.717) is 24.0 Å². The average molecular weight is 364 g/mol. The summed E-state index contributed by atoms with van der Waals surface area (Å²) < 4.78 is 0. The zero-order chi connectivity index (χ0) is 19.2. The number of amides is 3. The van der Waals surface area contributed by atoms with Gasteiger partial charge < -0.3 is 5.32 Å². The van der Waals surface area contributed by atoms with Crippen LogP contribution in [0.3, 0.4) is 0 Å². The van der Waals surface area contributed by atoms with Crippen molar-refractivity contribution in [2.45, 2.75) is 38.6 Å². The fourth-order valence-corrected chi connectivity index (χ4v) is 3.29. The van der Waals surface area contributed by atoms with E-state index >= 15 is 0 Å². The average Bonchev–Trinajstić information content (AvgIpc) is 2.92. The molecule has 0 fully saturated rings. The number of rotatable bonds is 8. The normalized spacial score (nSPS) is 14.2. The summed E-state index contributed by atoms with van der Waals surface area (Å²) in [4.78, 5) is 37.9. The third kappa shape index (κ3) is 4.61. The fraction of sp³-hybridized carbons (Fsp3) is 0.318.